The number of fused-ring (bicyclic) bond motifs is 2. The molecule has 2 nitrogen and oxygen atoms in total. The van der Waals surface area contributed by atoms with Crippen molar-refractivity contribution < 1.29 is 4.74 Å². The highest BCUT2D eigenvalue weighted by Gasteiger charge is 2.78. The minimum atomic E-state index is 0.383. The lowest BCUT2D eigenvalue weighted by Gasteiger charge is -2.62. The quantitative estimate of drug-likeness (QED) is 0.802. The molecule has 2 spiro atoms. The summed E-state index contributed by atoms with van der Waals surface area (Å²) in [6.07, 6.45) is 10.2. The molecule has 4 saturated carbocycles. The van der Waals surface area contributed by atoms with Crippen molar-refractivity contribution in [1.82, 2.24) is 4.90 Å². The Balaban J connectivity index is 1.44. The van der Waals surface area contributed by atoms with Gasteiger partial charge in [0.2, 0.25) is 0 Å². The Hall–Kier alpha value is -1.02. The van der Waals surface area contributed by atoms with E-state index in [0.29, 0.717) is 16.9 Å². The molecule has 0 N–H and O–H groups in total. The summed E-state index contributed by atoms with van der Waals surface area (Å²) in [4.78, 5) is 2.99. The molecule has 5 unspecified atom stereocenters. The lowest BCUT2D eigenvalue weighted by molar-refractivity contribution is -0.0806. The fraction of sp³-hybridized carbons (Fsp3) is 0.739. The van der Waals surface area contributed by atoms with E-state index < -0.39 is 0 Å². The molecule has 5 fully saturated rings. The van der Waals surface area contributed by atoms with Gasteiger partial charge in [0.05, 0.1) is 0 Å². The molecule has 6 atom stereocenters. The number of rotatable bonds is 2. The van der Waals surface area contributed by atoms with Crippen LogP contribution < -0.4 is 4.74 Å². The van der Waals surface area contributed by atoms with Crippen LogP contribution in [0.1, 0.15) is 62.1 Å². The zero-order valence-corrected chi connectivity index (χ0v) is 15.6. The fourth-order valence-corrected chi connectivity index (χ4v) is 8.36. The van der Waals surface area contributed by atoms with Crippen LogP contribution in [0.15, 0.2) is 12.1 Å². The van der Waals surface area contributed by atoms with Crippen LogP contribution in [0, 0.1) is 24.2 Å². The van der Waals surface area contributed by atoms with E-state index in [1.807, 2.05) is 0 Å². The summed E-state index contributed by atoms with van der Waals surface area (Å²) < 4.78 is 6.71. The van der Waals surface area contributed by atoms with E-state index in [2.05, 4.69) is 30.9 Å². The summed E-state index contributed by atoms with van der Waals surface area (Å²) in [5, 5.41) is 0. The first-order valence-corrected chi connectivity index (χ1v) is 10.7. The Labute approximate surface area is 150 Å². The van der Waals surface area contributed by atoms with Crippen molar-refractivity contribution in [1.29, 1.82) is 0 Å². The van der Waals surface area contributed by atoms with E-state index in [1.54, 1.807) is 11.1 Å². The van der Waals surface area contributed by atoms with Crippen molar-refractivity contribution in [3.05, 3.63) is 28.8 Å². The molecule has 0 amide bonds. The number of ether oxygens (including phenoxy) is 1. The van der Waals surface area contributed by atoms with Crippen molar-refractivity contribution in [2.45, 2.75) is 82.4 Å². The van der Waals surface area contributed by atoms with Crippen LogP contribution in [-0.2, 0) is 11.8 Å². The van der Waals surface area contributed by atoms with Gasteiger partial charge in [-0.1, -0.05) is 12.1 Å². The van der Waals surface area contributed by atoms with Crippen molar-refractivity contribution in [3.8, 4) is 5.75 Å². The Morgan fingerprint density at radius 1 is 1.24 bits per heavy atom. The molecule has 7 aliphatic rings. The molecule has 2 heterocycles. The minimum Gasteiger partial charge on any atom is -0.489 e. The zero-order chi connectivity index (χ0) is 16.6. The highest BCUT2D eigenvalue weighted by Crippen LogP contribution is 2.77. The number of aryl methyl sites for hydroxylation is 1. The topological polar surface area (TPSA) is 12.5 Å². The van der Waals surface area contributed by atoms with Gasteiger partial charge in [0.1, 0.15) is 11.9 Å². The lowest BCUT2D eigenvalue weighted by atomic mass is 9.40. The van der Waals surface area contributed by atoms with E-state index in [9.17, 15) is 0 Å². The summed E-state index contributed by atoms with van der Waals surface area (Å²) in [6, 6.07) is 6.37. The van der Waals surface area contributed by atoms with Gasteiger partial charge in [-0.3, -0.25) is 4.90 Å². The molecule has 25 heavy (non-hydrogen) atoms. The average Bonchev–Trinajstić information content (AvgIpc) is 3.35. The van der Waals surface area contributed by atoms with E-state index in [-0.39, 0.29) is 0 Å². The summed E-state index contributed by atoms with van der Waals surface area (Å²) in [7, 11) is 0. The van der Waals surface area contributed by atoms with Crippen molar-refractivity contribution >= 4 is 0 Å². The van der Waals surface area contributed by atoms with Crippen molar-refractivity contribution in [2.75, 3.05) is 6.54 Å². The summed E-state index contributed by atoms with van der Waals surface area (Å²) in [5.74, 6) is 3.16. The Bertz CT molecular complexity index is 798. The second-order valence-electron chi connectivity index (χ2n) is 10.3. The first-order valence-electron chi connectivity index (χ1n) is 10.7. The van der Waals surface area contributed by atoms with Gasteiger partial charge in [-0.15, -0.1) is 0 Å². The van der Waals surface area contributed by atoms with Gasteiger partial charge in [0, 0.05) is 29.6 Å². The molecule has 2 aliphatic heterocycles. The highest BCUT2D eigenvalue weighted by atomic mass is 16.5. The summed E-state index contributed by atoms with van der Waals surface area (Å²) in [5.41, 5.74) is 5.69. The molecule has 0 radical (unpaired) electrons. The lowest BCUT2D eigenvalue weighted by Crippen LogP contribution is -2.65. The van der Waals surface area contributed by atoms with E-state index in [1.165, 1.54) is 62.8 Å². The van der Waals surface area contributed by atoms with Gasteiger partial charge < -0.3 is 4.74 Å². The summed E-state index contributed by atoms with van der Waals surface area (Å²) >= 11 is 0. The standard InChI is InChI=1S/C23H29NO/c1-13-5-6-16-10-17-21-22(12-24(17)14(2)15-7-8-15)9-3-4-18-23(21,11-22)19(16)20(13)25-18/h5-6,14-15,17-18,21H,3-4,7-12H2,1-2H3/t14-,17?,18?,21?,22?,23?/m1/s1. The predicted molar refractivity (Wildman–Crippen MR) is 98.0 cm³/mol. The number of nitrogens with zero attached hydrogens (tertiary/aromatic N) is 1. The molecule has 1 saturated heterocycles. The van der Waals surface area contributed by atoms with E-state index in [0.717, 1.165) is 23.9 Å². The molecule has 1 aromatic rings. The Morgan fingerprint density at radius 3 is 2.96 bits per heavy atom. The molecule has 0 aromatic heterocycles. The van der Waals surface area contributed by atoms with E-state index >= 15 is 0 Å². The molecule has 2 heteroatoms. The van der Waals surface area contributed by atoms with Crippen molar-refractivity contribution in [3.63, 3.8) is 0 Å². The molecule has 2 bridgehead atoms. The number of hydrogen-bond acceptors (Lipinski definition) is 2. The minimum absolute atomic E-state index is 0.383. The van der Waals surface area contributed by atoms with Crippen LogP contribution in [0.3, 0.4) is 0 Å². The monoisotopic (exact) mass is 335 g/mol. The average molecular weight is 335 g/mol. The maximum absolute atomic E-state index is 6.71. The third-order valence-electron chi connectivity index (χ3n) is 9.31. The second kappa shape index (κ2) is 4.11. The third kappa shape index (κ3) is 1.40. The van der Waals surface area contributed by atoms with Crippen LogP contribution >= 0.6 is 0 Å². The van der Waals surface area contributed by atoms with Crippen LogP contribution in [-0.4, -0.2) is 29.6 Å². The maximum Gasteiger partial charge on any atom is 0.126 e. The molecule has 1 aromatic carbocycles. The first kappa shape index (κ1) is 14.1. The maximum atomic E-state index is 6.71. The Kier molecular flexibility index (Phi) is 2.32. The van der Waals surface area contributed by atoms with Crippen LogP contribution in [0.2, 0.25) is 0 Å². The fourth-order valence-electron chi connectivity index (χ4n) is 8.36. The van der Waals surface area contributed by atoms with Gasteiger partial charge >= 0.3 is 0 Å². The molecule has 8 rings (SSSR count). The highest BCUT2D eigenvalue weighted by molar-refractivity contribution is 5.60. The normalized spacial score (nSPS) is 46.9. The van der Waals surface area contributed by atoms with Gasteiger partial charge in [-0.05, 0) is 87.2 Å². The zero-order valence-electron chi connectivity index (χ0n) is 15.6. The van der Waals surface area contributed by atoms with Crippen molar-refractivity contribution in [2.24, 2.45) is 17.3 Å². The van der Waals surface area contributed by atoms with Gasteiger partial charge in [-0.25, -0.2) is 0 Å². The van der Waals surface area contributed by atoms with Gasteiger partial charge in [0.15, 0.2) is 0 Å². The summed E-state index contributed by atoms with van der Waals surface area (Å²) in [6.45, 7) is 6.18. The third-order valence-corrected chi connectivity index (χ3v) is 9.31. The first-order chi connectivity index (χ1) is 12.1. The SMILES string of the molecule is Cc1ccc2c3c1OC1CCCC45CN([C@H](C)C6CC6)C(C2)C4C31C5. The molecule has 5 aliphatic carbocycles. The second-order valence-corrected chi connectivity index (χ2v) is 10.3. The molecular weight excluding hydrogens is 306 g/mol. The Morgan fingerprint density at radius 2 is 2.12 bits per heavy atom. The van der Waals surface area contributed by atoms with Gasteiger partial charge in [-0.2, -0.15) is 0 Å². The van der Waals surface area contributed by atoms with Crippen LogP contribution in [0.4, 0.5) is 0 Å². The molecule has 132 valence electrons. The number of benzene rings is 1. The predicted octanol–water partition coefficient (Wildman–Crippen LogP) is 4.22. The smallest absolute Gasteiger partial charge is 0.126 e. The number of likely N-dealkylation sites (tertiary alicyclic amines) is 1. The van der Waals surface area contributed by atoms with Crippen LogP contribution in [0.25, 0.3) is 0 Å². The van der Waals surface area contributed by atoms with Gasteiger partial charge in [0.25, 0.3) is 0 Å². The van der Waals surface area contributed by atoms with Crippen LogP contribution in [0.5, 0.6) is 5.75 Å². The largest absolute Gasteiger partial charge is 0.489 e. The molecular formula is C23H29NO. The number of hydrogen-bond donors (Lipinski definition) is 0. The van der Waals surface area contributed by atoms with E-state index in [4.69, 9.17) is 4.74 Å².